The molecule has 0 amide bonds. The van der Waals surface area contributed by atoms with Gasteiger partial charge in [0, 0.05) is 22.8 Å². The number of aromatic nitrogens is 2. The molecule has 3 rings (SSSR count). The van der Waals surface area contributed by atoms with Gasteiger partial charge in [0.05, 0.1) is 5.69 Å². The third-order valence-corrected chi connectivity index (χ3v) is 4.28. The number of hydrogen-bond donors (Lipinski definition) is 1. The third kappa shape index (κ3) is 3.68. The van der Waals surface area contributed by atoms with Gasteiger partial charge in [-0.2, -0.15) is 0 Å². The molecule has 1 aliphatic rings. The Balaban J connectivity index is 1.86. The molecular weight excluding hydrogens is 314 g/mol. The van der Waals surface area contributed by atoms with Crippen LogP contribution in [0.25, 0.3) is 11.4 Å². The number of benzene rings is 1. The second-order valence-electron chi connectivity index (χ2n) is 5.80. The van der Waals surface area contributed by atoms with Crippen molar-refractivity contribution in [1.29, 1.82) is 0 Å². The van der Waals surface area contributed by atoms with Gasteiger partial charge in [-0.1, -0.05) is 11.6 Å². The lowest BCUT2D eigenvalue weighted by molar-refractivity contribution is -0.142. The van der Waals surface area contributed by atoms with Crippen LogP contribution in [0.5, 0.6) is 0 Å². The number of halogens is 1. The van der Waals surface area contributed by atoms with E-state index in [0.717, 1.165) is 29.9 Å². The molecule has 1 N–H and O–H groups in total. The summed E-state index contributed by atoms with van der Waals surface area (Å²) in [4.78, 5) is 22.3. The SMILES string of the molecule is Cc1cc(CN2CCC[C@@H]2C(=O)O)nc(-c2ccc(Cl)cc2)n1. The van der Waals surface area contributed by atoms with Crippen LogP contribution in [-0.2, 0) is 11.3 Å². The highest BCUT2D eigenvalue weighted by molar-refractivity contribution is 6.30. The minimum Gasteiger partial charge on any atom is -0.480 e. The summed E-state index contributed by atoms with van der Waals surface area (Å²) >= 11 is 5.92. The van der Waals surface area contributed by atoms with Crippen LogP contribution in [0.2, 0.25) is 5.02 Å². The molecule has 1 atom stereocenters. The lowest BCUT2D eigenvalue weighted by Crippen LogP contribution is -2.35. The van der Waals surface area contributed by atoms with Crippen molar-refractivity contribution in [3.05, 3.63) is 46.7 Å². The molecule has 2 heterocycles. The second kappa shape index (κ2) is 6.64. The van der Waals surface area contributed by atoms with Gasteiger partial charge < -0.3 is 5.11 Å². The molecule has 0 radical (unpaired) electrons. The normalized spacial score (nSPS) is 18.3. The molecule has 6 heteroatoms. The van der Waals surface area contributed by atoms with Crippen molar-refractivity contribution in [2.75, 3.05) is 6.54 Å². The molecule has 0 saturated carbocycles. The van der Waals surface area contributed by atoms with Gasteiger partial charge in [0.1, 0.15) is 6.04 Å². The Morgan fingerprint density at radius 3 is 2.78 bits per heavy atom. The van der Waals surface area contributed by atoms with Crippen LogP contribution in [0.3, 0.4) is 0 Å². The minimum atomic E-state index is -0.758. The lowest BCUT2D eigenvalue weighted by atomic mass is 10.2. The van der Waals surface area contributed by atoms with Crippen molar-refractivity contribution >= 4 is 17.6 Å². The lowest BCUT2D eigenvalue weighted by Gasteiger charge is -2.20. The fraction of sp³-hybridized carbons (Fsp3) is 0.353. The number of rotatable bonds is 4. The highest BCUT2D eigenvalue weighted by atomic mass is 35.5. The van der Waals surface area contributed by atoms with E-state index in [-0.39, 0.29) is 0 Å². The molecule has 2 aromatic rings. The maximum atomic E-state index is 11.3. The number of hydrogen-bond acceptors (Lipinski definition) is 4. The highest BCUT2D eigenvalue weighted by Crippen LogP contribution is 2.22. The minimum absolute atomic E-state index is 0.413. The predicted octanol–water partition coefficient (Wildman–Crippen LogP) is 3.15. The summed E-state index contributed by atoms with van der Waals surface area (Å²) in [5, 5.41) is 9.96. The fourth-order valence-corrected chi connectivity index (χ4v) is 3.07. The number of likely N-dealkylation sites (tertiary alicyclic amines) is 1. The Kier molecular flexibility index (Phi) is 4.59. The number of nitrogens with zero attached hydrogens (tertiary/aromatic N) is 3. The van der Waals surface area contributed by atoms with Crippen molar-refractivity contribution < 1.29 is 9.90 Å². The van der Waals surface area contributed by atoms with Gasteiger partial charge >= 0.3 is 5.97 Å². The van der Waals surface area contributed by atoms with Crippen LogP contribution in [0, 0.1) is 6.92 Å². The molecule has 1 fully saturated rings. The first-order valence-electron chi connectivity index (χ1n) is 7.60. The topological polar surface area (TPSA) is 66.3 Å². The van der Waals surface area contributed by atoms with Crippen LogP contribution in [0.15, 0.2) is 30.3 Å². The molecule has 23 heavy (non-hydrogen) atoms. The van der Waals surface area contributed by atoms with Crippen LogP contribution in [-0.4, -0.2) is 38.5 Å². The summed E-state index contributed by atoms with van der Waals surface area (Å²) in [5.41, 5.74) is 2.61. The maximum absolute atomic E-state index is 11.3. The molecular formula is C17H18ClN3O2. The molecule has 1 aromatic carbocycles. The molecule has 1 saturated heterocycles. The Morgan fingerprint density at radius 2 is 2.09 bits per heavy atom. The zero-order valence-electron chi connectivity index (χ0n) is 12.9. The van der Waals surface area contributed by atoms with Gasteiger partial charge in [-0.3, -0.25) is 9.69 Å². The Labute approximate surface area is 139 Å². The number of aliphatic carboxylic acids is 1. The van der Waals surface area contributed by atoms with E-state index in [9.17, 15) is 9.90 Å². The third-order valence-electron chi connectivity index (χ3n) is 4.02. The van der Waals surface area contributed by atoms with E-state index in [0.29, 0.717) is 23.8 Å². The Hall–Kier alpha value is -1.98. The summed E-state index contributed by atoms with van der Waals surface area (Å²) < 4.78 is 0. The number of carboxylic acids is 1. The number of carbonyl (C=O) groups is 1. The first-order valence-corrected chi connectivity index (χ1v) is 7.98. The summed E-state index contributed by atoms with van der Waals surface area (Å²) in [5.74, 6) is -0.117. The van der Waals surface area contributed by atoms with Gasteiger partial charge in [0.2, 0.25) is 0 Å². The van der Waals surface area contributed by atoms with E-state index in [1.807, 2.05) is 42.2 Å². The standard InChI is InChI=1S/C17H18ClN3O2/c1-11-9-14(10-21-8-2-3-15(21)17(22)23)20-16(19-11)12-4-6-13(18)7-5-12/h4-7,9,15H,2-3,8,10H2,1H3,(H,22,23)/t15-/m1/s1. The smallest absolute Gasteiger partial charge is 0.320 e. The van der Waals surface area contributed by atoms with E-state index in [1.165, 1.54) is 0 Å². The average molecular weight is 332 g/mol. The van der Waals surface area contributed by atoms with Gasteiger partial charge in [0.15, 0.2) is 5.82 Å². The average Bonchev–Trinajstić information content (AvgIpc) is 2.95. The molecule has 1 aliphatic heterocycles. The van der Waals surface area contributed by atoms with Crippen molar-refractivity contribution in [1.82, 2.24) is 14.9 Å². The van der Waals surface area contributed by atoms with Crippen molar-refractivity contribution in [3.8, 4) is 11.4 Å². The van der Waals surface area contributed by atoms with Crippen molar-refractivity contribution in [3.63, 3.8) is 0 Å². The molecule has 0 bridgehead atoms. The van der Waals surface area contributed by atoms with Crippen LogP contribution in [0.1, 0.15) is 24.2 Å². The summed E-state index contributed by atoms with van der Waals surface area (Å²) in [6.45, 7) is 3.24. The van der Waals surface area contributed by atoms with Gasteiger partial charge in [-0.05, 0) is 56.6 Å². The van der Waals surface area contributed by atoms with E-state index in [1.54, 1.807) is 0 Å². The summed E-state index contributed by atoms with van der Waals surface area (Å²) in [7, 11) is 0. The van der Waals surface area contributed by atoms with Crippen LogP contribution >= 0.6 is 11.6 Å². The first-order chi connectivity index (χ1) is 11.0. The molecule has 0 aliphatic carbocycles. The largest absolute Gasteiger partial charge is 0.480 e. The Bertz CT molecular complexity index is 718. The summed E-state index contributed by atoms with van der Waals surface area (Å²) in [6, 6.07) is 8.89. The molecule has 120 valence electrons. The molecule has 0 unspecified atom stereocenters. The number of carboxylic acid groups (broad SMARTS) is 1. The van der Waals surface area contributed by atoms with Gasteiger partial charge in [-0.25, -0.2) is 9.97 Å². The molecule has 0 spiro atoms. The van der Waals surface area contributed by atoms with Crippen molar-refractivity contribution in [2.45, 2.75) is 32.4 Å². The van der Waals surface area contributed by atoms with Gasteiger partial charge in [0.25, 0.3) is 0 Å². The maximum Gasteiger partial charge on any atom is 0.320 e. The highest BCUT2D eigenvalue weighted by Gasteiger charge is 2.30. The van der Waals surface area contributed by atoms with Crippen LogP contribution in [0.4, 0.5) is 0 Å². The van der Waals surface area contributed by atoms with E-state index in [2.05, 4.69) is 9.97 Å². The van der Waals surface area contributed by atoms with E-state index in [4.69, 9.17) is 11.6 Å². The monoisotopic (exact) mass is 331 g/mol. The van der Waals surface area contributed by atoms with E-state index < -0.39 is 12.0 Å². The zero-order valence-corrected chi connectivity index (χ0v) is 13.6. The van der Waals surface area contributed by atoms with Crippen molar-refractivity contribution in [2.24, 2.45) is 0 Å². The van der Waals surface area contributed by atoms with Crippen LogP contribution < -0.4 is 0 Å². The quantitative estimate of drug-likeness (QED) is 0.932. The number of aryl methyl sites for hydroxylation is 1. The Morgan fingerprint density at radius 1 is 1.35 bits per heavy atom. The molecule has 1 aromatic heterocycles. The fourth-order valence-electron chi connectivity index (χ4n) is 2.95. The van der Waals surface area contributed by atoms with E-state index >= 15 is 0 Å². The predicted molar refractivity (Wildman–Crippen MR) is 88.3 cm³/mol. The van der Waals surface area contributed by atoms with Gasteiger partial charge in [-0.15, -0.1) is 0 Å². The second-order valence-corrected chi connectivity index (χ2v) is 6.23. The first kappa shape index (κ1) is 15.9. The molecule has 5 nitrogen and oxygen atoms in total. The summed E-state index contributed by atoms with van der Waals surface area (Å²) in [6.07, 6.45) is 1.61. The zero-order chi connectivity index (χ0) is 16.4.